The molecular weight excluding hydrogens is 278 g/mol. The fourth-order valence-electron chi connectivity index (χ4n) is 2.78. The number of halogens is 1. The highest BCUT2D eigenvalue weighted by Crippen LogP contribution is 2.30. The Bertz CT molecular complexity index is 448. The lowest BCUT2D eigenvalue weighted by Crippen LogP contribution is -2.42. The smallest absolute Gasteiger partial charge is 0.274 e. The second kappa shape index (κ2) is 7.57. The van der Waals surface area contributed by atoms with Gasteiger partial charge in [-0.3, -0.25) is 15.0 Å². The van der Waals surface area contributed by atoms with Crippen molar-refractivity contribution >= 4 is 18.1 Å². The number of hydrogen-bond acceptors (Lipinski definition) is 4. The first-order valence-corrected chi connectivity index (χ1v) is 6.78. The van der Waals surface area contributed by atoms with E-state index in [1.54, 1.807) is 12.1 Å². The van der Waals surface area contributed by atoms with E-state index in [4.69, 9.17) is 0 Å². The minimum absolute atomic E-state index is 0. The number of nitrogens with zero attached hydrogens (tertiary/aromatic N) is 2. The number of piperidine rings is 1. The molecule has 1 N–H and O–H groups in total. The van der Waals surface area contributed by atoms with Crippen molar-refractivity contribution in [3.63, 3.8) is 0 Å². The van der Waals surface area contributed by atoms with Crippen molar-refractivity contribution in [2.75, 3.05) is 20.1 Å². The molecule has 0 amide bonds. The Balaban J connectivity index is 0.00000200. The molecule has 20 heavy (non-hydrogen) atoms. The number of nitro benzene ring substituents is 1. The maximum absolute atomic E-state index is 11.1. The molecule has 1 atom stereocenters. The SMILES string of the molecule is CNC1CCN(C(C)c2ccccc2[N+](=O)[O-])CC1.Cl. The van der Waals surface area contributed by atoms with Crippen molar-refractivity contribution in [2.45, 2.75) is 31.8 Å². The van der Waals surface area contributed by atoms with E-state index < -0.39 is 0 Å². The van der Waals surface area contributed by atoms with E-state index in [1.165, 1.54) is 0 Å². The molecule has 1 fully saturated rings. The van der Waals surface area contributed by atoms with Gasteiger partial charge in [-0.15, -0.1) is 12.4 Å². The van der Waals surface area contributed by atoms with E-state index in [0.29, 0.717) is 6.04 Å². The third-order valence-corrected chi connectivity index (χ3v) is 4.07. The molecule has 0 spiro atoms. The fourth-order valence-corrected chi connectivity index (χ4v) is 2.78. The van der Waals surface area contributed by atoms with Crippen LogP contribution in [0.15, 0.2) is 24.3 Å². The predicted molar refractivity (Wildman–Crippen MR) is 82.4 cm³/mol. The van der Waals surface area contributed by atoms with E-state index in [-0.39, 0.29) is 29.1 Å². The molecule has 6 heteroatoms. The predicted octanol–water partition coefficient (Wildman–Crippen LogP) is 2.76. The average molecular weight is 300 g/mol. The summed E-state index contributed by atoms with van der Waals surface area (Å²) in [5.41, 5.74) is 1.04. The summed E-state index contributed by atoms with van der Waals surface area (Å²) in [5.74, 6) is 0. The first-order chi connectivity index (χ1) is 9.13. The summed E-state index contributed by atoms with van der Waals surface area (Å²) in [4.78, 5) is 13.1. The van der Waals surface area contributed by atoms with Crippen LogP contribution in [0.25, 0.3) is 0 Å². The maximum atomic E-state index is 11.1. The topological polar surface area (TPSA) is 58.4 Å². The molecule has 0 saturated carbocycles. The van der Waals surface area contributed by atoms with Crippen LogP contribution in [-0.2, 0) is 0 Å². The highest BCUT2D eigenvalue weighted by molar-refractivity contribution is 5.85. The van der Waals surface area contributed by atoms with E-state index in [0.717, 1.165) is 31.5 Å². The first kappa shape index (κ1) is 16.9. The molecule has 1 saturated heterocycles. The number of rotatable bonds is 4. The molecule has 1 unspecified atom stereocenters. The minimum Gasteiger partial charge on any atom is -0.317 e. The minimum atomic E-state index is -0.286. The highest BCUT2D eigenvalue weighted by atomic mass is 35.5. The monoisotopic (exact) mass is 299 g/mol. The molecular formula is C14H22ClN3O2. The van der Waals surface area contributed by atoms with Crippen LogP contribution in [0.1, 0.15) is 31.4 Å². The van der Waals surface area contributed by atoms with Gasteiger partial charge in [0.2, 0.25) is 0 Å². The Morgan fingerprint density at radius 1 is 1.35 bits per heavy atom. The molecule has 1 aromatic carbocycles. The fraction of sp³-hybridized carbons (Fsp3) is 0.571. The summed E-state index contributed by atoms with van der Waals surface area (Å²) in [6, 6.07) is 7.73. The van der Waals surface area contributed by atoms with Crippen molar-refractivity contribution in [3.05, 3.63) is 39.9 Å². The normalized spacial score (nSPS) is 18.3. The van der Waals surface area contributed by atoms with Gasteiger partial charge in [0.15, 0.2) is 0 Å². The van der Waals surface area contributed by atoms with Crippen LogP contribution >= 0.6 is 12.4 Å². The second-order valence-corrected chi connectivity index (χ2v) is 5.09. The van der Waals surface area contributed by atoms with Crippen molar-refractivity contribution in [2.24, 2.45) is 0 Å². The molecule has 1 aliphatic rings. The second-order valence-electron chi connectivity index (χ2n) is 5.09. The molecule has 0 radical (unpaired) electrons. The third-order valence-electron chi connectivity index (χ3n) is 4.07. The van der Waals surface area contributed by atoms with E-state index >= 15 is 0 Å². The third kappa shape index (κ3) is 3.69. The van der Waals surface area contributed by atoms with Crippen molar-refractivity contribution in [3.8, 4) is 0 Å². The zero-order chi connectivity index (χ0) is 13.8. The van der Waals surface area contributed by atoms with E-state index in [9.17, 15) is 10.1 Å². The van der Waals surface area contributed by atoms with Crippen LogP contribution in [-0.4, -0.2) is 36.0 Å². The number of nitrogens with one attached hydrogen (secondary N) is 1. The van der Waals surface area contributed by atoms with E-state index in [1.807, 2.05) is 19.2 Å². The summed E-state index contributed by atoms with van der Waals surface area (Å²) in [6.45, 7) is 4.03. The van der Waals surface area contributed by atoms with Crippen LogP contribution in [0, 0.1) is 10.1 Å². The first-order valence-electron chi connectivity index (χ1n) is 6.78. The summed E-state index contributed by atoms with van der Waals surface area (Å²) >= 11 is 0. The lowest BCUT2D eigenvalue weighted by Gasteiger charge is -2.35. The number of para-hydroxylation sites is 1. The molecule has 112 valence electrons. The molecule has 1 heterocycles. The lowest BCUT2D eigenvalue weighted by atomic mass is 9.99. The van der Waals surface area contributed by atoms with Crippen LogP contribution in [0.5, 0.6) is 0 Å². The molecule has 5 nitrogen and oxygen atoms in total. The Kier molecular flexibility index (Phi) is 6.39. The van der Waals surface area contributed by atoms with Gasteiger partial charge in [-0.05, 0) is 26.8 Å². The van der Waals surface area contributed by atoms with Gasteiger partial charge in [-0.1, -0.05) is 18.2 Å². The van der Waals surface area contributed by atoms with Crippen LogP contribution in [0.4, 0.5) is 5.69 Å². The largest absolute Gasteiger partial charge is 0.317 e. The van der Waals surface area contributed by atoms with Crippen LogP contribution in [0.3, 0.4) is 0 Å². The van der Waals surface area contributed by atoms with Gasteiger partial charge in [0.05, 0.1) is 4.92 Å². The van der Waals surface area contributed by atoms with Crippen molar-refractivity contribution < 1.29 is 4.92 Å². The summed E-state index contributed by atoms with van der Waals surface area (Å²) in [5, 5.41) is 14.4. The van der Waals surface area contributed by atoms with Gasteiger partial charge < -0.3 is 5.32 Å². The molecule has 0 bridgehead atoms. The van der Waals surface area contributed by atoms with Gasteiger partial charge in [-0.25, -0.2) is 0 Å². The number of likely N-dealkylation sites (tertiary alicyclic amines) is 1. The standard InChI is InChI=1S/C14H21N3O2.ClH/c1-11(16-9-7-12(15-2)8-10-16)13-5-3-4-6-14(13)17(18)19;/h3-6,11-12,15H,7-10H2,1-2H3;1H. The molecule has 1 aliphatic heterocycles. The Hall–Kier alpha value is -1.17. The van der Waals surface area contributed by atoms with Gasteiger partial charge in [0.25, 0.3) is 5.69 Å². The number of benzene rings is 1. The zero-order valence-corrected chi connectivity index (χ0v) is 12.7. The lowest BCUT2D eigenvalue weighted by molar-refractivity contribution is -0.386. The van der Waals surface area contributed by atoms with Gasteiger partial charge in [0.1, 0.15) is 0 Å². The summed E-state index contributed by atoms with van der Waals surface area (Å²) in [6.07, 6.45) is 2.20. The van der Waals surface area contributed by atoms with Crippen LogP contribution < -0.4 is 5.32 Å². The average Bonchev–Trinajstić information content (AvgIpc) is 2.46. The number of nitro groups is 1. The van der Waals surface area contributed by atoms with Gasteiger partial charge in [-0.2, -0.15) is 0 Å². The maximum Gasteiger partial charge on any atom is 0.274 e. The summed E-state index contributed by atoms with van der Waals surface area (Å²) in [7, 11) is 1.99. The van der Waals surface area contributed by atoms with E-state index in [2.05, 4.69) is 17.1 Å². The molecule has 0 aliphatic carbocycles. The van der Waals surface area contributed by atoms with Gasteiger partial charge >= 0.3 is 0 Å². The molecule has 0 aromatic heterocycles. The number of hydrogen-bond donors (Lipinski definition) is 1. The van der Waals surface area contributed by atoms with Crippen molar-refractivity contribution in [1.82, 2.24) is 10.2 Å². The zero-order valence-electron chi connectivity index (χ0n) is 11.9. The highest BCUT2D eigenvalue weighted by Gasteiger charge is 2.26. The molecule has 2 rings (SSSR count). The Morgan fingerprint density at radius 3 is 2.50 bits per heavy atom. The van der Waals surface area contributed by atoms with Crippen LogP contribution in [0.2, 0.25) is 0 Å². The summed E-state index contributed by atoms with van der Waals surface area (Å²) < 4.78 is 0. The molecule has 1 aromatic rings. The van der Waals surface area contributed by atoms with Crippen molar-refractivity contribution in [1.29, 1.82) is 0 Å². The Morgan fingerprint density at radius 2 is 1.95 bits per heavy atom. The Labute approximate surface area is 125 Å². The van der Waals surface area contributed by atoms with Gasteiger partial charge in [0, 0.05) is 36.8 Å². The quantitative estimate of drug-likeness (QED) is 0.686.